The van der Waals surface area contributed by atoms with E-state index in [-0.39, 0.29) is 0 Å². The van der Waals surface area contributed by atoms with Gasteiger partial charge < -0.3 is 9.84 Å². The van der Waals surface area contributed by atoms with Gasteiger partial charge in [0.15, 0.2) is 0 Å². The highest BCUT2D eigenvalue weighted by molar-refractivity contribution is 7.17. The Hall–Kier alpha value is -1.81. The van der Waals surface area contributed by atoms with Gasteiger partial charge in [0, 0.05) is 4.88 Å². The number of hydrogen-bond donors (Lipinski definition) is 1. The fraction of sp³-hybridized carbons (Fsp3) is 0.214. The molecule has 0 radical (unpaired) electrons. The molecule has 18 heavy (non-hydrogen) atoms. The van der Waals surface area contributed by atoms with Crippen LogP contribution in [0.5, 0.6) is 5.75 Å². The molecule has 1 N–H and O–H groups in total. The maximum absolute atomic E-state index is 10.8. The van der Waals surface area contributed by atoms with Crippen LogP contribution in [-0.4, -0.2) is 17.2 Å². The topological polar surface area (TPSA) is 46.5 Å². The lowest BCUT2D eigenvalue weighted by Crippen LogP contribution is -1.94. The Kier molecular flexibility index (Phi) is 2.80. The van der Waals surface area contributed by atoms with Crippen LogP contribution < -0.4 is 4.74 Å². The van der Waals surface area contributed by atoms with Crippen LogP contribution in [-0.2, 0) is 0 Å². The number of benzene rings is 1. The average molecular weight is 260 g/mol. The molecule has 1 aliphatic rings. The van der Waals surface area contributed by atoms with Crippen molar-refractivity contribution in [2.24, 2.45) is 0 Å². The summed E-state index contributed by atoms with van der Waals surface area (Å²) in [7, 11) is 0. The zero-order valence-electron chi connectivity index (χ0n) is 9.63. The van der Waals surface area contributed by atoms with E-state index < -0.39 is 5.97 Å². The highest BCUT2D eigenvalue weighted by Crippen LogP contribution is 2.31. The first-order chi connectivity index (χ1) is 8.72. The summed E-state index contributed by atoms with van der Waals surface area (Å²) in [6.45, 7) is 0. The quantitative estimate of drug-likeness (QED) is 0.912. The van der Waals surface area contributed by atoms with Gasteiger partial charge in [0.2, 0.25) is 0 Å². The largest absolute Gasteiger partial charge is 0.490 e. The van der Waals surface area contributed by atoms with Gasteiger partial charge >= 0.3 is 5.97 Å². The van der Waals surface area contributed by atoms with Crippen LogP contribution >= 0.6 is 11.3 Å². The van der Waals surface area contributed by atoms with Crippen LogP contribution in [0.1, 0.15) is 22.5 Å². The number of carbonyl (C=O) groups is 1. The summed E-state index contributed by atoms with van der Waals surface area (Å²) in [5.41, 5.74) is 1.02. The summed E-state index contributed by atoms with van der Waals surface area (Å²) >= 11 is 1.29. The van der Waals surface area contributed by atoms with Crippen molar-refractivity contribution >= 4 is 17.3 Å². The van der Waals surface area contributed by atoms with E-state index in [1.807, 2.05) is 30.3 Å². The second-order valence-corrected chi connectivity index (χ2v) is 5.39. The Balaban J connectivity index is 1.79. The standard InChI is InChI=1S/C14H12O3S/c15-14(16)13-8-7-12(18-13)9-1-3-10(4-2-9)17-11-5-6-11/h1-4,7-8,11H,5-6H2,(H,15,16). The fourth-order valence-corrected chi connectivity index (χ4v) is 2.53. The molecule has 4 heteroatoms. The number of ether oxygens (including phenoxy) is 1. The van der Waals surface area contributed by atoms with Crippen LogP contribution in [0, 0.1) is 0 Å². The van der Waals surface area contributed by atoms with E-state index in [2.05, 4.69) is 0 Å². The minimum Gasteiger partial charge on any atom is -0.490 e. The summed E-state index contributed by atoms with van der Waals surface area (Å²) in [5, 5.41) is 8.89. The lowest BCUT2D eigenvalue weighted by Gasteiger charge is -2.04. The predicted octanol–water partition coefficient (Wildman–Crippen LogP) is 3.65. The molecular weight excluding hydrogens is 248 g/mol. The third-order valence-electron chi connectivity index (χ3n) is 2.78. The molecule has 0 amide bonds. The highest BCUT2D eigenvalue weighted by Gasteiger charge is 2.23. The lowest BCUT2D eigenvalue weighted by molar-refractivity contribution is 0.0702. The number of thiophene rings is 1. The first-order valence-electron chi connectivity index (χ1n) is 5.82. The van der Waals surface area contributed by atoms with Crippen molar-refractivity contribution in [1.29, 1.82) is 0 Å². The molecule has 1 aromatic heterocycles. The monoisotopic (exact) mass is 260 g/mol. The van der Waals surface area contributed by atoms with E-state index in [4.69, 9.17) is 9.84 Å². The van der Waals surface area contributed by atoms with Crippen LogP contribution in [0.4, 0.5) is 0 Å². The molecular formula is C14H12O3S. The van der Waals surface area contributed by atoms with Crippen LogP contribution in [0.15, 0.2) is 36.4 Å². The minimum absolute atomic E-state index is 0.364. The van der Waals surface area contributed by atoms with Gasteiger partial charge in [-0.2, -0.15) is 0 Å². The van der Waals surface area contributed by atoms with Gasteiger partial charge in [-0.1, -0.05) is 0 Å². The van der Waals surface area contributed by atoms with E-state index >= 15 is 0 Å². The Morgan fingerprint density at radius 1 is 1.17 bits per heavy atom. The molecule has 0 unspecified atom stereocenters. The normalized spacial score (nSPS) is 14.4. The van der Waals surface area contributed by atoms with Crippen molar-refractivity contribution in [3.05, 3.63) is 41.3 Å². The van der Waals surface area contributed by atoms with Gasteiger partial charge in [0.25, 0.3) is 0 Å². The summed E-state index contributed by atoms with van der Waals surface area (Å²) in [6, 6.07) is 11.3. The van der Waals surface area contributed by atoms with E-state index in [1.165, 1.54) is 11.3 Å². The van der Waals surface area contributed by atoms with Gasteiger partial charge in [0.1, 0.15) is 10.6 Å². The molecule has 1 heterocycles. The molecule has 1 aromatic carbocycles. The molecule has 1 saturated carbocycles. The van der Waals surface area contributed by atoms with E-state index in [9.17, 15) is 4.79 Å². The Morgan fingerprint density at radius 3 is 2.44 bits per heavy atom. The Bertz CT molecular complexity index is 567. The van der Waals surface area contributed by atoms with Crippen molar-refractivity contribution in [2.75, 3.05) is 0 Å². The second-order valence-electron chi connectivity index (χ2n) is 4.31. The average Bonchev–Trinajstić information content (AvgIpc) is 3.04. The van der Waals surface area contributed by atoms with Gasteiger partial charge in [-0.3, -0.25) is 0 Å². The molecule has 0 spiro atoms. The summed E-state index contributed by atoms with van der Waals surface area (Å²) < 4.78 is 5.67. The number of carboxylic acids is 1. The summed E-state index contributed by atoms with van der Waals surface area (Å²) in [4.78, 5) is 12.1. The van der Waals surface area contributed by atoms with Crippen molar-refractivity contribution in [3.63, 3.8) is 0 Å². The maximum Gasteiger partial charge on any atom is 0.345 e. The van der Waals surface area contributed by atoms with Crippen molar-refractivity contribution in [2.45, 2.75) is 18.9 Å². The number of carboxylic acid groups (broad SMARTS) is 1. The molecule has 1 aliphatic carbocycles. The molecule has 0 aliphatic heterocycles. The molecule has 0 bridgehead atoms. The molecule has 0 atom stereocenters. The fourth-order valence-electron chi connectivity index (χ4n) is 1.68. The Morgan fingerprint density at radius 2 is 1.89 bits per heavy atom. The van der Waals surface area contributed by atoms with Gasteiger partial charge in [-0.25, -0.2) is 4.79 Å². The summed E-state index contributed by atoms with van der Waals surface area (Å²) in [6.07, 6.45) is 2.69. The zero-order chi connectivity index (χ0) is 12.5. The second kappa shape index (κ2) is 4.46. The van der Waals surface area contributed by atoms with Gasteiger partial charge in [0.05, 0.1) is 6.10 Å². The van der Waals surface area contributed by atoms with Crippen molar-refractivity contribution < 1.29 is 14.6 Å². The molecule has 3 nitrogen and oxygen atoms in total. The first kappa shape index (κ1) is 11.3. The molecule has 0 saturated heterocycles. The van der Waals surface area contributed by atoms with Gasteiger partial charge in [-0.15, -0.1) is 11.3 Å². The van der Waals surface area contributed by atoms with Crippen molar-refractivity contribution in [1.82, 2.24) is 0 Å². The van der Waals surface area contributed by atoms with E-state index in [0.717, 1.165) is 29.0 Å². The minimum atomic E-state index is -0.875. The molecule has 3 rings (SSSR count). The summed E-state index contributed by atoms with van der Waals surface area (Å²) in [5.74, 6) is 0.0104. The third-order valence-corrected chi connectivity index (χ3v) is 3.91. The number of hydrogen-bond acceptors (Lipinski definition) is 3. The SMILES string of the molecule is O=C(O)c1ccc(-c2ccc(OC3CC3)cc2)s1. The third kappa shape index (κ3) is 2.38. The predicted molar refractivity (Wildman–Crippen MR) is 70.4 cm³/mol. The maximum atomic E-state index is 10.8. The van der Waals surface area contributed by atoms with Crippen LogP contribution in [0.25, 0.3) is 10.4 Å². The lowest BCUT2D eigenvalue weighted by atomic mass is 10.2. The number of aromatic carboxylic acids is 1. The molecule has 92 valence electrons. The van der Waals surface area contributed by atoms with E-state index in [0.29, 0.717) is 11.0 Å². The van der Waals surface area contributed by atoms with Crippen LogP contribution in [0.3, 0.4) is 0 Å². The number of rotatable bonds is 4. The van der Waals surface area contributed by atoms with E-state index in [1.54, 1.807) is 6.07 Å². The van der Waals surface area contributed by atoms with Crippen molar-refractivity contribution in [3.8, 4) is 16.2 Å². The highest BCUT2D eigenvalue weighted by atomic mass is 32.1. The molecule has 2 aromatic rings. The first-order valence-corrected chi connectivity index (χ1v) is 6.64. The van der Waals surface area contributed by atoms with Gasteiger partial charge in [-0.05, 0) is 54.8 Å². The molecule has 1 fully saturated rings. The smallest absolute Gasteiger partial charge is 0.345 e. The van der Waals surface area contributed by atoms with Crippen LogP contribution in [0.2, 0.25) is 0 Å². The zero-order valence-corrected chi connectivity index (χ0v) is 10.4. The Labute approximate surface area is 109 Å².